The van der Waals surface area contributed by atoms with Gasteiger partial charge in [0.25, 0.3) is 0 Å². The van der Waals surface area contributed by atoms with Gasteiger partial charge in [0.2, 0.25) is 0 Å². The normalized spacial score (nSPS) is 10.8. The smallest absolute Gasteiger partial charge is 0.338 e. The Kier molecular flexibility index (Phi) is 11.9. The Hall–Kier alpha value is 0.144. The Morgan fingerprint density at radius 1 is 1.00 bits per heavy atom. The van der Waals surface area contributed by atoms with Crippen molar-refractivity contribution in [2.45, 2.75) is 59.0 Å². The van der Waals surface area contributed by atoms with Gasteiger partial charge in [0, 0.05) is 28.3 Å². The van der Waals surface area contributed by atoms with Crippen LogP contribution in [0.3, 0.4) is 0 Å². The average Bonchev–Trinajstić information content (AvgIpc) is 2.28. The molecule has 0 saturated heterocycles. The average molecular weight is 264 g/mol. The van der Waals surface area contributed by atoms with Crippen molar-refractivity contribution < 1.29 is 36.0 Å². The fourth-order valence-corrected chi connectivity index (χ4v) is 1.43. The maximum absolute atomic E-state index is 11.8. The van der Waals surface area contributed by atoms with Crippen molar-refractivity contribution in [3.63, 3.8) is 0 Å². The molecule has 0 saturated carbocycles. The van der Waals surface area contributed by atoms with E-state index >= 15 is 0 Å². The van der Waals surface area contributed by atoms with Crippen molar-refractivity contribution in [2.24, 2.45) is 0 Å². The molecule has 0 aliphatic carbocycles. The van der Waals surface area contributed by atoms with Crippen LogP contribution < -0.4 is 0 Å². The van der Waals surface area contributed by atoms with Gasteiger partial charge in [0.15, 0.2) is 5.60 Å². The molecule has 0 aliphatic heterocycles. The van der Waals surface area contributed by atoms with Crippen molar-refractivity contribution in [3.05, 3.63) is 0 Å². The Balaban J connectivity index is 0. The molecule has 0 bridgehead atoms. The third-order valence-corrected chi connectivity index (χ3v) is 2.53. The molecule has 0 N–H and O–H groups in total. The van der Waals surface area contributed by atoms with E-state index < -0.39 is 5.60 Å². The van der Waals surface area contributed by atoms with Gasteiger partial charge >= 0.3 is 5.97 Å². The van der Waals surface area contributed by atoms with Gasteiger partial charge < -0.3 is 9.47 Å². The van der Waals surface area contributed by atoms with Gasteiger partial charge in [0.05, 0.1) is 6.61 Å². The monoisotopic (exact) mass is 264 g/mol. The zero-order chi connectivity index (χ0) is 11.7. The van der Waals surface area contributed by atoms with E-state index in [1.165, 1.54) is 0 Å². The van der Waals surface area contributed by atoms with Crippen molar-refractivity contribution >= 4 is 5.97 Å². The molecule has 0 aromatic heterocycles. The summed E-state index contributed by atoms with van der Waals surface area (Å²) in [5, 5.41) is 0. The summed E-state index contributed by atoms with van der Waals surface area (Å²) in [6, 6.07) is 0. The molecule has 0 aliphatic rings. The first-order chi connectivity index (χ1) is 7.16. The van der Waals surface area contributed by atoms with Gasteiger partial charge in [-0.25, -0.2) is 4.79 Å². The quantitative estimate of drug-likeness (QED) is 0.499. The first kappa shape index (κ1) is 18.5. The first-order valence-corrected chi connectivity index (χ1v) is 5.98. The maximum atomic E-state index is 11.8. The number of hydrogen-bond acceptors (Lipinski definition) is 3. The summed E-state index contributed by atoms with van der Waals surface area (Å²) in [5.74, 6) is -0.206. The Morgan fingerprint density at radius 2 is 1.50 bits per heavy atom. The number of ether oxygens (including phenoxy) is 2. The van der Waals surface area contributed by atoms with E-state index in [0.29, 0.717) is 26.1 Å². The predicted molar refractivity (Wildman–Crippen MR) is 60.8 cm³/mol. The van der Waals surface area contributed by atoms with Gasteiger partial charge in [-0.3, -0.25) is 0 Å². The second-order valence-electron chi connectivity index (χ2n) is 3.69. The predicted octanol–water partition coefficient (Wildman–Crippen LogP) is 2.92. The van der Waals surface area contributed by atoms with Crippen LogP contribution in [0.2, 0.25) is 0 Å². The minimum Gasteiger partial charge on any atom is -0.464 e. The molecular formula is C12H24O3Ti. The number of carbonyl (C=O) groups excluding carboxylic acids is 1. The van der Waals surface area contributed by atoms with Crippen LogP contribution in [0.5, 0.6) is 0 Å². The van der Waals surface area contributed by atoms with Crippen molar-refractivity contribution in [2.75, 3.05) is 13.2 Å². The largest absolute Gasteiger partial charge is 0.464 e. The minimum atomic E-state index is -0.717. The van der Waals surface area contributed by atoms with Crippen LogP contribution in [0.4, 0.5) is 0 Å². The summed E-state index contributed by atoms with van der Waals surface area (Å²) in [7, 11) is 0. The number of esters is 1. The Labute approximate surface area is 114 Å². The fourth-order valence-electron chi connectivity index (χ4n) is 1.43. The summed E-state index contributed by atoms with van der Waals surface area (Å²) in [4.78, 5) is 11.8. The molecule has 94 valence electrons. The molecule has 16 heavy (non-hydrogen) atoms. The van der Waals surface area contributed by atoms with Gasteiger partial charge in [0.1, 0.15) is 0 Å². The summed E-state index contributed by atoms with van der Waals surface area (Å²) in [5.41, 5.74) is -0.717. The zero-order valence-corrected chi connectivity index (χ0v) is 12.5. The standard InChI is InChI=1S/C12H24O3.Ti/c1-5-9-14-11(13)12(7-3,8-4)15-10-6-2;/h5-10H2,1-4H3;. The third kappa shape index (κ3) is 5.47. The van der Waals surface area contributed by atoms with Crippen LogP contribution in [-0.4, -0.2) is 24.8 Å². The zero-order valence-electron chi connectivity index (χ0n) is 11.0. The van der Waals surface area contributed by atoms with E-state index in [0.717, 1.165) is 12.8 Å². The van der Waals surface area contributed by atoms with Crippen molar-refractivity contribution in [1.82, 2.24) is 0 Å². The van der Waals surface area contributed by atoms with E-state index in [1.54, 1.807) is 0 Å². The molecule has 0 heterocycles. The second-order valence-corrected chi connectivity index (χ2v) is 3.69. The molecular weight excluding hydrogens is 240 g/mol. The summed E-state index contributed by atoms with van der Waals surface area (Å²) in [6.45, 7) is 9.05. The van der Waals surface area contributed by atoms with Crippen LogP contribution in [0.15, 0.2) is 0 Å². The summed E-state index contributed by atoms with van der Waals surface area (Å²) in [6.07, 6.45) is 3.12. The third-order valence-electron chi connectivity index (χ3n) is 2.53. The van der Waals surface area contributed by atoms with E-state index in [-0.39, 0.29) is 27.7 Å². The topological polar surface area (TPSA) is 35.5 Å². The van der Waals surface area contributed by atoms with Crippen LogP contribution in [0.1, 0.15) is 53.4 Å². The van der Waals surface area contributed by atoms with Gasteiger partial charge in [-0.05, 0) is 25.7 Å². The van der Waals surface area contributed by atoms with Gasteiger partial charge in [-0.15, -0.1) is 0 Å². The molecule has 0 spiro atoms. The van der Waals surface area contributed by atoms with Crippen LogP contribution in [0.25, 0.3) is 0 Å². The molecule has 4 heteroatoms. The van der Waals surface area contributed by atoms with Crippen molar-refractivity contribution in [1.29, 1.82) is 0 Å². The van der Waals surface area contributed by atoms with E-state index in [2.05, 4.69) is 0 Å². The van der Waals surface area contributed by atoms with Crippen molar-refractivity contribution in [3.8, 4) is 0 Å². The van der Waals surface area contributed by atoms with E-state index in [1.807, 2.05) is 27.7 Å². The molecule has 0 amide bonds. The van der Waals surface area contributed by atoms with Crippen LogP contribution >= 0.6 is 0 Å². The fraction of sp³-hybridized carbons (Fsp3) is 0.917. The van der Waals surface area contributed by atoms with Crippen LogP contribution in [-0.2, 0) is 36.0 Å². The minimum absolute atomic E-state index is 0. The second kappa shape index (κ2) is 10.3. The van der Waals surface area contributed by atoms with Crippen LogP contribution in [0, 0.1) is 0 Å². The molecule has 0 rings (SSSR count). The maximum Gasteiger partial charge on any atom is 0.338 e. The molecule has 3 nitrogen and oxygen atoms in total. The molecule has 0 aromatic carbocycles. The molecule has 0 fully saturated rings. The van der Waals surface area contributed by atoms with Gasteiger partial charge in [-0.2, -0.15) is 0 Å². The molecule has 0 unspecified atom stereocenters. The number of rotatable bonds is 8. The number of hydrogen-bond donors (Lipinski definition) is 0. The SMILES string of the molecule is CCCOC(=O)C(CC)(CC)OCCC.[Ti]. The van der Waals surface area contributed by atoms with E-state index in [9.17, 15) is 4.79 Å². The first-order valence-electron chi connectivity index (χ1n) is 5.98. The molecule has 0 aromatic rings. The molecule has 0 radical (unpaired) electrons. The number of carbonyl (C=O) groups is 1. The summed E-state index contributed by atoms with van der Waals surface area (Å²) >= 11 is 0. The molecule has 0 atom stereocenters. The van der Waals surface area contributed by atoms with Gasteiger partial charge in [-0.1, -0.05) is 27.7 Å². The Bertz CT molecular complexity index is 179. The Morgan fingerprint density at radius 3 is 1.88 bits per heavy atom. The summed E-state index contributed by atoms with van der Waals surface area (Å²) < 4.78 is 10.8. The van der Waals surface area contributed by atoms with E-state index in [4.69, 9.17) is 9.47 Å².